The summed E-state index contributed by atoms with van der Waals surface area (Å²) < 4.78 is 4.83. The van der Waals surface area contributed by atoms with Crippen molar-refractivity contribution in [2.24, 2.45) is 0 Å². The summed E-state index contributed by atoms with van der Waals surface area (Å²) in [6, 6.07) is 4.61. The molecule has 1 rings (SSSR count). The van der Waals surface area contributed by atoms with Crippen LogP contribution in [0.25, 0.3) is 0 Å². The Balaban J connectivity index is 2.94. The number of hydrogen-bond donors (Lipinski definition) is 2. The van der Waals surface area contributed by atoms with E-state index in [0.29, 0.717) is 16.8 Å². The van der Waals surface area contributed by atoms with Gasteiger partial charge >= 0.3 is 13.1 Å². The van der Waals surface area contributed by atoms with Gasteiger partial charge in [0.05, 0.1) is 0 Å². The molecule has 2 N–H and O–H groups in total. The summed E-state index contributed by atoms with van der Waals surface area (Å²) in [5, 5.41) is 17.9. The Hall–Kier alpha value is -1.33. The maximum Gasteiger partial charge on any atom is 0.488 e. The highest BCUT2D eigenvalue weighted by Crippen LogP contribution is 2.11. The molecule has 0 aliphatic heterocycles. The Morgan fingerprint density at radius 3 is 2.50 bits per heavy atom. The number of hydrogen-bond acceptors (Lipinski definition) is 4. The van der Waals surface area contributed by atoms with Crippen LogP contribution in [-0.4, -0.2) is 23.1 Å². The number of aryl methyl sites for hydroxylation is 1. The largest absolute Gasteiger partial charge is 0.488 e. The van der Waals surface area contributed by atoms with E-state index in [4.69, 9.17) is 14.8 Å². The first-order valence-corrected chi connectivity index (χ1v) is 4.16. The molecule has 0 atom stereocenters. The van der Waals surface area contributed by atoms with Crippen molar-refractivity contribution in [2.45, 2.75) is 13.8 Å². The molecule has 0 unspecified atom stereocenters. The van der Waals surface area contributed by atoms with Crippen LogP contribution in [-0.2, 0) is 4.79 Å². The number of rotatable bonds is 2. The molecule has 0 radical (unpaired) electrons. The smallest absolute Gasteiger partial charge is 0.427 e. The number of ether oxygens (including phenoxy) is 1. The summed E-state index contributed by atoms with van der Waals surface area (Å²) in [5.41, 5.74) is 1.07. The van der Waals surface area contributed by atoms with Gasteiger partial charge in [-0.3, -0.25) is 4.79 Å². The van der Waals surface area contributed by atoms with Crippen molar-refractivity contribution in [1.82, 2.24) is 0 Å². The lowest BCUT2D eigenvalue weighted by Gasteiger charge is -2.06. The van der Waals surface area contributed by atoms with E-state index in [1.54, 1.807) is 13.0 Å². The zero-order chi connectivity index (χ0) is 10.7. The predicted octanol–water partition coefficient (Wildman–Crippen LogP) is -0.400. The van der Waals surface area contributed by atoms with Crippen molar-refractivity contribution in [3.8, 4) is 5.75 Å². The van der Waals surface area contributed by atoms with E-state index >= 15 is 0 Å². The van der Waals surface area contributed by atoms with Crippen LogP contribution in [0.5, 0.6) is 5.75 Å². The summed E-state index contributed by atoms with van der Waals surface area (Å²) in [6.45, 7) is 3.02. The van der Waals surface area contributed by atoms with Gasteiger partial charge in [-0.25, -0.2) is 0 Å². The third-order valence-corrected chi connectivity index (χ3v) is 1.78. The summed E-state index contributed by atoms with van der Waals surface area (Å²) >= 11 is 0. The van der Waals surface area contributed by atoms with Crippen LogP contribution in [0.15, 0.2) is 18.2 Å². The molecule has 0 aromatic heterocycles. The molecule has 0 aliphatic carbocycles. The van der Waals surface area contributed by atoms with Gasteiger partial charge in [0.15, 0.2) is 0 Å². The molecule has 0 heterocycles. The first-order chi connectivity index (χ1) is 6.50. The zero-order valence-corrected chi connectivity index (χ0v) is 8.02. The molecular weight excluding hydrogens is 183 g/mol. The fourth-order valence-corrected chi connectivity index (χ4v) is 1.17. The molecule has 1 aromatic carbocycles. The summed E-state index contributed by atoms with van der Waals surface area (Å²) in [6.07, 6.45) is 0. The molecule has 4 nitrogen and oxygen atoms in total. The minimum Gasteiger partial charge on any atom is -0.427 e. The highest BCUT2D eigenvalue weighted by atomic mass is 16.5. The van der Waals surface area contributed by atoms with Crippen molar-refractivity contribution in [2.75, 3.05) is 0 Å². The Bertz CT molecular complexity index is 349. The zero-order valence-electron chi connectivity index (χ0n) is 8.02. The Labute approximate surface area is 82.3 Å². The Kier molecular flexibility index (Phi) is 3.27. The van der Waals surface area contributed by atoms with Crippen molar-refractivity contribution in [1.29, 1.82) is 0 Å². The fraction of sp³-hybridized carbons (Fsp3) is 0.222. The van der Waals surface area contributed by atoms with Gasteiger partial charge in [0.1, 0.15) is 5.75 Å². The standard InChI is InChI=1S/C9H11BO4/c1-6-5-8(14-7(2)11)3-4-9(6)10(12)13/h3-5,12-13H,1-2H3. The number of esters is 1. The van der Waals surface area contributed by atoms with Gasteiger partial charge in [0.2, 0.25) is 0 Å². The maximum atomic E-state index is 10.6. The van der Waals surface area contributed by atoms with Gasteiger partial charge in [0, 0.05) is 6.92 Å². The lowest BCUT2D eigenvalue weighted by atomic mass is 9.77. The quantitative estimate of drug-likeness (QED) is 0.382. The summed E-state index contributed by atoms with van der Waals surface area (Å²) in [5.74, 6) is 0.00102. The third-order valence-electron chi connectivity index (χ3n) is 1.78. The molecule has 1 aromatic rings. The van der Waals surface area contributed by atoms with Gasteiger partial charge in [-0.2, -0.15) is 0 Å². The Morgan fingerprint density at radius 2 is 2.07 bits per heavy atom. The number of carbonyl (C=O) groups is 1. The molecule has 0 amide bonds. The number of benzene rings is 1. The highest BCUT2D eigenvalue weighted by Gasteiger charge is 2.14. The number of carbonyl (C=O) groups excluding carboxylic acids is 1. The van der Waals surface area contributed by atoms with E-state index in [9.17, 15) is 4.79 Å². The third kappa shape index (κ3) is 2.58. The summed E-state index contributed by atoms with van der Waals surface area (Å²) in [7, 11) is -1.50. The van der Waals surface area contributed by atoms with Gasteiger partial charge < -0.3 is 14.8 Å². The Morgan fingerprint density at radius 1 is 1.43 bits per heavy atom. The van der Waals surface area contributed by atoms with Gasteiger partial charge in [0.25, 0.3) is 0 Å². The first kappa shape index (κ1) is 10.8. The van der Waals surface area contributed by atoms with Crippen LogP contribution in [0.1, 0.15) is 12.5 Å². The molecule has 0 saturated heterocycles. The van der Waals surface area contributed by atoms with Crippen molar-refractivity contribution in [3.05, 3.63) is 23.8 Å². The average Bonchev–Trinajstić information content (AvgIpc) is 2.01. The van der Waals surface area contributed by atoms with Crippen LogP contribution < -0.4 is 10.2 Å². The van der Waals surface area contributed by atoms with E-state index in [1.165, 1.54) is 19.1 Å². The minimum atomic E-state index is -1.50. The average molecular weight is 194 g/mol. The topological polar surface area (TPSA) is 66.8 Å². The van der Waals surface area contributed by atoms with E-state index in [1.807, 2.05) is 0 Å². The SMILES string of the molecule is CC(=O)Oc1ccc(B(O)O)c(C)c1. The molecule has 0 bridgehead atoms. The molecule has 14 heavy (non-hydrogen) atoms. The van der Waals surface area contributed by atoms with Gasteiger partial charge in [-0.1, -0.05) is 6.07 Å². The predicted molar refractivity (Wildman–Crippen MR) is 52.3 cm³/mol. The normalized spacial score (nSPS) is 9.71. The highest BCUT2D eigenvalue weighted by molar-refractivity contribution is 6.59. The van der Waals surface area contributed by atoms with Crippen molar-refractivity contribution < 1.29 is 19.6 Å². The molecule has 0 fully saturated rings. The molecule has 5 heteroatoms. The van der Waals surface area contributed by atoms with Crippen LogP contribution in [0.4, 0.5) is 0 Å². The second-order valence-electron chi connectivity index (χ2n) is 2.99. The van der Waals surface area contributed by atoms with Crippen LogP contribution in [0.3, 0.4) is 0 Å². The second kappa shape index (κ2) is 4.26. The molecular formula is C9H11BO4. The fourth-order valence-electron chi connectivity index (χ4n) is 1.17. The van der Waals surface area contributed by atoms with Crippen molar-refractivity contribution in [3.63, 3.8) is 0 Å². The van der Waals surface area contributed by atoms with Gasteiger partial charge in [-0.15, -0.1) is 0 Å². The monoisotopic (exact) mass is 194 g/mol. The van der Waals surface area contributed by atoms with E-state index in [2.05, 4.69) is 0 Å². The molecule has 0 aliphatic rings. The lowest BCUT2D eigenvalue weighted by Crippen LogP contribution is -2.31. The van der Waals surface area contributed by atoms with E-state index < -0.39 is 13.1 Å². The maximum absolute atomic E-state index is 10.6. The van der Waals surface area contributed by atoms with Crippen LogP contribution >= 0.6 is 0 Å². The molecule has 74 valence electrons. The second-order valence-corrected chi connectivity index (χ2v) is 2.99. The van der Waals surface area contributed by atoms with Gasteiger partial charge in [-0.05, 0) is 30.1 Å². The molecule has 0 saturated carbocycles. The van der Waals surface area contributed by atoms with Crippen molar-refractivity contribution >= 4 is 18.6 Å². The lowest BCUT2D eigenvalue weighted by molar-refractivity contribution is -0.131. The summed E-state index contributed by atoms with van der Waals surface area (Å²) in [4.78, 5) is 10.6. The van der Waals surface area contributed by atoms with E-state index in [-0.39, 0.29) is 0 Å². The van der Waals surface area contributed by atoms with Crippen LogP contribution in [0.2, 0.25) is 0 Å². The van der Waals surface area contributed by atoms with E-state index in [0.717, 1.165) is 0 Å². The minimum absolute atomic E-state index is 0.401. The van der Waals surface area contributed by atoms with Crippen LogP contribution in [0, 0.1) is 6.92 Å². The molecule has 0 spiro atoms. The first-order valence-electron chi connectivity index (χ1n) is 4.16.